The number of hydrogen-bond donors (Lipinski definition) is 1. The first-order chi connectivity index (χ1) is 6.74. The van der Waals surface area contributed by atoms with Crippen LogP contribution in [0.2, 0.25) is 0 Å². The molecule has 0 spiro atoms. The molecule has 1 nitrogen and oxygen atoms in total. The van der Waals surface area contributed by atoms with Gasteiger partial charge >= 0.3 is 0 Å². The minimum Gasteiger partial charge on any atom is -0.327 e. The molecule has 1 atom stereocenters. The first-order valence-corrected chi connectivity index (χ1v) is 6.85. The van der Waals surface area contributed by atoms with E-state index in [9.17, 15) is 0 Å². The van der Waals surface area contributed by atoms with Crippen molar-refractivity contribution in [1.29, 1.82) is 0 Å². The third-order valence-electron chi connectivity index (χ3n) is 2.95. The van der Waals surface area contributed by atoms with Gasteiger partial charge in [0.1, 0.15) is 0 Å². The van der Waals surface area contributed by atoms with Crippen LogP contribution in [-0.4, -0.2) is 6.04 Å². The SMILES string of the molecule is NC(Cc1ccc(Br)s1)CC1CCC1. The van der Waals surface area contributed by atoms with Crippen LogP contribution in [-0.2, 0) is 6.42 Å². The second-order valence-corrected chi connectivity index (χ2v) is 6.75. The maximum Gasteiger partial charge on any atom is 0.0701 e. The van der Waals surface area contributed by atoms with Crippen molar-refractivity contribution in [3.63, 3.8) is 0 Å². The van der Waals surface area contributed by atoms with Crippen LogP contribution in [0, 0.1) is 5.92 Å². The van der Waals surface area contributed by atoms with E-state index >= 15 is 0 Å². The molecule has 14 heavy (non-hydrogen) atoms. The maximum absolute atomic E-state index is 6.12. The predicted octanol–water partition coefficient (Wildman–Crippen LogP) is 3.57. The zero-order valence-electron chi connectivity index (χ0n) is 8.21. The molecule has 1 unspecified atom stereocenters. The number of hydrogen-bond acceptors (Lipinski definition) is 2. The minimum atomic E-state index is 0.367. The van der Waals surface area contributed by atoms with Crippen molar-refractivity contribution in [3.8, 4) is 0 Å². The average molecular weight is 274 g/mol. The van der Waals surface area contributed by atoms with Crippen LogP contribution in [0.4, 0.5) is 0 Å². The summed E-state index contributed by atoms with van der Waals surface area (Å²) in [5.41, 5.74) is 6.12. The molecule has 2 N–H and O–H groups in total. The molecule has 1 aromatic heterocycles. The number of halogens is 1. The van der Waals surface area contributed by atoms with Crippen molar-refractivity contribution in [2.24, 2.45) is 11.7 Å². The summed E-state index contributed by atoms with van der Waals surface area (Å²) in [6.45, 7) is 0. The van der Waals surface area contributed by atoms with Crippen LogP contribution in [0.25, 0.3) is 0 Å². The Hall–Kier alpha value is 0.140. The highest BCUT2D eigenvalue weighted by molar-refractivity contribution is 9.11. The normalized spacial score (nSPS) is 19.3. The highest BCUT2D eigenvalue weighted by Gasteiger charge is 2.20. The molecule has 0 aromatic carbocycles. The van der Waals surface area contributed by atoms with Gasteiger partial charge in [0.15, 0.2) is 0 Å². The monoisotopic (exact) mass is 273 g/mol. The summed E-state index contributed by atoms with van der Waals surface area (Å²) in [4.78, 5) is 1.41. The molecule has 78 valence electrons. The molecule has 0 bridgehead atoms. The van der Waals surface area contributed by atoms with Crippen LogP contribution >= 0.6 is 27.3 Å². The van der Waals surface area contributed by atoms with Gasteiger partial charge in [0.25, 0.3) is 0 Å². The predicted molar refractivity (Wildman–Crippen MR) is 65.7 cm³/mol. The average Bonchev–Trinajstić information content (AvgIpc) is 2.44. The van der Waals surface area contributed by atoms with Crippen LogP contribution in [0.3, 0.4) is 0 Å². The Morgan fingerprint density at radius 2 is 2.29 bits per heavy atom. The lowest BCUT2D eigenvalue weighted by atomic mass is 9.80. The van der Waals surface area contributed by atoms with Gasteiger partial charge in [-0.05, 0) is 46.8 Å². The Morgan fingerprint density at radius 3 is 2.79 bits per heavy atom. The molecule has 1 aliphatic rings. The van der Waals surface area contributed by atoms with Gasteiger partial charge in [0.2, 0.25) is 0 Å². The Morgan fingerprint density at radius 1 is 1.50 bits per heavy atom. The Balaban J connectivity index is 1.78. The first-order valence-electron chi connectivity index (χ1n) is 5.24. The van der Waals surface area contributed by atoms with E-state index in [2.05, 4.69) is 28.1 Å². The molecule has 0 amide bonds. The third kappa shape index (κ3) is 2.81. The molecule has 3 heteroatoms. The van der Waals surface area contributed by atoms with E-state index in [1.807, 2.05) is 0 Å². The molecule has 1 aromatic rings. The summed E-state index contributed by atoms with van der Waals surface area (Å²) in [6.07, 6.45) is 6.49. The van der Waals surface area contributed by atoms with Gasteiger partial charge in [0, 0.05) is 10.9 Å². The molecule has 2 rings (SSSR count). The molecular formula is C11H16BrNS. The van der Waals surface area contributed by atoms with Crippen molar-refractivity contribution in [2.75, 3.05) is 0 Å². The van der Waals surface area contributed by atoms with Crippen molar-refractivity contribution < 1.29 is 0 Å². The van der Waals surface area contributed by atoms with E-state index in [0.29, 0.717) is 6.04 Å². The van der Waals surface area contributed by atoms with E-state index in [1.165, 1.54) is 34.3 Å². The van der Waals surface area contributed by atoms with Gasteiger partial charge in [-0.2, -0.15) is 0 Å². The van der Waals surface area contributed by atoms with Gasteiger partial charge in [-0.25, -0.2) is 0 Å². The van der Waals surface area contributed by atoms with Gasteiger partial charge in [-0.15, -0.1) is 11.3 Å². The molecule has 1 fully saturated rings. The summed E-state index contributed by atoms with van der Waals surface area (Å²) in [6, 6.07) is 4.65. The molecule has 0 saturated heterocycles. The first kappa shape index (κ1) is 10.7. The highest BCUT2D eigenvalue weighted by atomic mass is 79.9. The number of nitrogens with two attached hydrogens (primary N) is 1. The largest absolute Gasteiger partial charge is 0.327 e. The zero-order valence-corrected chi connectivity index (χ0v) is 10.6. The lowest BCUT2D eigenvalue weighted by molar-refractivity contribution is 0.276. The van der Waals surface area contributed by atoms with Crippen molar-refractivity contribution in [3.05, 3.63) is 20.8 Å². The molecular weight excluding hydrogens is 258 g/mol. The fourth-order valence-corrected chi connectivity index (χ4v) is 3.54. The van der Waals surface area contributed by atoms with Crippen LogP contribution in [0.15, 0.2) is 15.9 Å². The van der Waals surface area contributed by atoms with Gasteiger partial charge in [0.05, 0.1) is 3.79 Å². The van der Waals surface area contributed by atoms with Gasteiger partial charge < -0.3 is 5.73 Å². The molecule has 1 aliphatic carbocycles. The fourth-order valence-electron chi connectivity index (χ4n) is 1.96. The van der Waals surface area contributed by atoms with Gasteiger partial charge in [-0.3, -0.25) is 0 Å². The van der Waals surface area contributed by atoms with Crippen molar-refractivity contribution >= 4 is 27.3 Å². The highest BCUT2D eigenvalue weighted by Crippen LogP contribution is 2.31. The minimum absolute atomic E-state index is 0.367. The number of rotatable bonds is 4. The third-order valence-corrected chi connectivity index (χ3v) is 4.60. The lowest BCUT2D eigenvalue weighted by Crippen LogP contribution is -2.28. The van der Waals surface area contributed by atoms with E-state index in [-0.39, 0.29) is 0 Å². The van der Waals surface area contributed by atoms with Gasteiger partial charge in [-0.1, -0.05) is 19.3 Å². The van der Waals surface area contributed by atoms with Crippen LogP contribution < -0.4 is 5.73 Å². The zero-order chi connectivity index (χ0) is 9.97. The van der Waals surface area contributed by atoms with Crippen LogP contribution in [0.5, 0.6) is 0 Å². The topological polar surface area (TPSA) is 26.0 Å². The summed E-state index contributed by atoms with van der Waals surface area (Å²) < 4.78 is 1.21. The molecule has 0 aliphatic heterocycles. The fraction of sp³-hybridized carbons (Fsp3) is 0.636. The Kier molecular flexibility index (Phi) is 3.63. The molecule has 1 saturated carbocycles. The van der Waals surface area contributed by atoms with E-state index in [0.717, 1.165) is 12.3 Å². The summed E-state index contributed by atoms with van der Waals surface area (Å²) in [5, 5.41) is 0. The van der Waals surface area contributed by atoms with E-state index in [1.54, 1.807) is 11.3 Å². The Labute approximate surface area is 97.8 Å². The van der Waals surface area contributed by atoms with E-state index in [4.69, 9.17) is 5.73 Å². The molecule has 0 radical (unpaired) electrons. The molecule has 1 heterocycles. The smallest absolute Gasteiger partial charge is 0.0701 e. The quantitative estimate of drug-likeness (QED) is 0.892. The summed E-state index contributed by atoms with van der Waals surface area (Å²) in [5.74, 6) is 0.924. The van der Waals surface area contributed by atoms with Crippen LogP contribution in [0.1, 0.15) is 30.6 Å². The van der Waals surface area contributed by atoms with Crippen molar-refractivity contribution in [1.82, 2.24) is 0 Å². The number of thiophene rings is 1. The van der Waals surface area contributed by atoms with E-state index < -0.39 is 0 Å². The lowest BCUT2D eigenvalue weighted by Gasteiger charge is -2.27. The second kappa shape index (κ2) is 4.77. The Bertz CT molecular complexity index is 293. The summed E-state index contributed by atoms with van der Waals surface area (Å²) in [7, 11) is 0. The van der Waals surface area contributed by atoms with Crippen molar-refractivity contribution in [2.45, 2.75) is 38.1 Å². The maximum atomic E-state index is 6.12. The second-order valence-electron chi connectivity index (χ2n) is 4.20. The standard InChI is InChI=1S/C11H16BrNS/c12-11-5-4-10(14-11)7-9(13)6-8-2-1-3-8/h4-5,8-9H,1-3,6-7,13H2. The summed E-state index contributed by atoms with van der Waals surface area (Å²) >= 11 is 5.28.